The van der Waals surface area contributed by atoms with E-state index in [-0.39, 0.29) is 6.10 Å². The first-order valence-electron chi connectivity index (χ1n) is 3.62. The van der Waals surface area contributed by atoms with Crippen LogP contribution < -0.4 is 0 Å². The lowest BCUT2D eigenvalue weighted by molar-refractivity contribution is 0.0948. The van der Waals surface area contributed by atoms with Gasteiger partial charge in [-0.3, -0.25) is 0 Å². The van der Waals surface area contributed by atoms with Gasteiger partial charge in [0.15, 0.2) is 0 Å². The van der Waals surface area contributed by atoms with E-state index in [1.54, 1.807) is 14.2 Å². The molecule has 1 unspecified atom stereocenters. The van der Waals surface area contributed by atoms with E-state index in [9.17, 15) is 0 Å². The average Bonchev–Trinajstić information content (AvgIpc) is 1.99. The molecule has 0 aromatic heterocycles. The van der Waals surface area contributed by atoms with Crippen LogP contribution >= 0.6 is 0 Å². The van der Waals surface area contributed by atoms with Gasteiger partial charge in [-0.1, -0.05) is 6.92 Å². The Balaban J connectivity index is 3.56. The van der Waals surface area contributed by atoms with E-state index in [0.717, 1.165) is 6.42 Å². The van der Waals surface area contributed by atoms with Crippen molar-refractivity contribution < 1.29 is 9.47 Å². The van der Waals surface area contributed by atoms with E-state index in [0.29, 0.717) is 6.61 Å². The van der Waals surface area contributed by atoms with Crippen molar-refractivity contribution in [2.45, 2.75) is 26.4 Å². The van der Waals surface area contributed by atoms with Crippen LogP contribution in [-0.2, 0) is 9.47 Å². The minimum Gasteiger partial charge on any atom is -0.384 e. The van der Waals surface area contributed by atoms with Gasteiger partial charge in [-0.25, -0.2) is 0 Å². The molecule has 2 nitrogen and oxygen atoms in total. The summed E-state index contributed by atoms with van der Waals surface area (Å²) >= 11 is 0. The zero-order chi connectivity index (χ0) is 7.98. The van der Waals surface area contributed by atoms with Crippen molar-refractivity contribution in [2.75, 3.05) is 20.8 Å². The molecule has 0 N–H and O–H groups in total. The highest BCUT2D eigenvalue weighted by atomic mass is 16.5. The molecule has 2 heteroatoms. The molecule has 0 heterocycles. The molecule has 0 saturated carbocycles. The fourth-order valence-electron chi connectivity index (χ4n) is 0.859. The van der Waals surface area contributed by atoms with Crippen LogP contribution in [0.4, 0.5) is 0 Å². The van der Waals surface area contributed by atoms with Crippen LogP contribution in [0.2, 0.25) is 0 Å². The van der Waals surface area contributed by atoms with Crippen molar-refractivity contribution in [3.63, 3.8) is 0 Å². The molecule has 0 spiro atoms. The van der Waals surface area contributed by atoms with Crippen LogP contribution in [0.5, 0.6) is 0 Å². The second-order valence-corrected chi connectivity index (χ2v) is 2.32. The Labute approximate surface area is 63.5 Å². The minimum atomic E-state index is 0.227. The van der Waals surface area contributed by atoms with Crippen molar-refractivity contribution in [3.8, 4) is 0 Å². The molecule has 0 rings (SSSR count). The van der Waals surface area contributed by atoms with Gasteiger partial charge in [0.2, 0.25) is 0 Å². The number of methoxy groups -OCH3 is 2. The van der Waals surface area contributed by atoms with E-state index < -0.39 is 0 Å². The number of hydrogen-bond acceptors (Lipinski definition) is 2. The standard InChI is InChI=1S/C8H17O2/c1-5-8(6-9-3)7(2)10-4/h7H,5-6H2,1-4H3. The van der Waals surface area contributed by atoms with E-state index in [4.69, 9.17) is 9.47 Å². The average molecular weight is 145 g/mol. The highest BCUT2D eigenvalue weighted by Gasteiger charge is 2.14. The third kappa shape index (κ3) is 3.18. The molecule has 0 aliphatic carbocycles. The van der Waals surface area contributed by atoms with Crippen LogP contribution in [0.3, 0.4) is 0 Å². The molecule has 1 radical (unpaired) electrons. The van der Waals surface area contributed by atoms with Gasteiger partial charge in [0.05, 0.1) is 12.7 Å². The van der Waals surface area contributed by atoms with Crippen LogP contribution in [-0.4, -0.2) is 26.9 Å². The van der Waals surface area contributed by atoms with Crippen molar-refractivity contribution in [1.82, 2.24) is 0 Å². The molecular formula is C8H17O2. The van der Waals surface area contributed by atoms with Crippen LogP contribution in [0.25, 0.3) is 0 Å². The van der Waals surface area contributed by atoms with Gasteiger partial charge in [0, 0.05) is 20.1 Å². The lowest BCUT2D eigenvalue weighted by atomic mass is 10.0. The molecule has 0 aromatic rings. The topological polar surface area (TPSA) is 18.5 Å². The van der Waals surface area contributed by atoms with E-state index in [1.807, 2.05) is 6.92 Å². The van der Waals surface area contributed by atoms with Gasteiger partial charge in [-0.15, -0.1) is 0 Å². The SMILES string of the molecule is CC[C](COC)C(C)OC. The predicted octanol–water partition coefficient (Wildman–Crippen LogP) is 1.65. The van der Waals surface area contributed by atoms with E-state index >= 15 is 0 Å². The van der Waals surface area contributed by atoms with Gasteiger partial charge in [-0.05, 0) is 13.3 Å². The monoisotopic (exact) mass is 145 g/mol. The van der Waals surface area contributed by atoms with Crippen LogP contribution in [0.15, 0.2) is 0 Å². The fourth-order valence-corrected chi connectivity index (χ4v) is 0.859. The second kappa shape index (κ2) is 5.69. The predicted molar refractivity (Wildman–Crippen MR) is 41.9 cm³/mol. The lowest BCUT2D eigenvalue weighted by Crippen LogP contribution is -2.20. The summed E-state index contributed by atoms with van der Waals surface area (Å²) in [4.78, 5) is 0. The molecule has 0 bridgehead atoms. The number of rotatable bonds is 5. The summed E-state index contributed by atoms with van der Waals surface area (Å²) in [7, 11) is 3.42. The van der Waals surface area contributed by atoms with Crippen LogP contribution in [0, 0.1) is 5.92 Å². The molecule has 61 valence electrons. The van der Waals surface area contributed by atoms with Gasteiger partial charge >= 0.3 is 0 Å². The Morgan fingerprint density at radius 1 is 1.40 bits per heavy atom. The first kappa shape index (κ1) is 9.92. The lowest BCUT2D eigenvalue weighted by Gasteiger charge is -2.19. The van der Waals surface area contributed by atoms with Crippen molar-refractivity contribution in [3.05, 3.63) is 5.92 Å². The number of ether oxygens (including phenoxy) is 2. The summed E-state index contributed by atoms with van der Waals surface area (Å²) in [6.07, 6.45) is 1.26. The molecule has 0 amide bonds. The third-order valence-electron chi connectivity index (χ3n) is 1.71. The van der Waals surface area contributed by atoms with Crippen molar-refractivity contribution in [1.29, 1.82) is 0 Å². The van der Waals surface area contributed by atoms with Gasteiger partial charge in [0.1, 0.15) is 0 Å². The Kier molecular flexibility index (Phi) is 5.64. The second-order valence-electron chi connectivity index (χ2n) is 2.32. The summed E-state index contributed by atoms with van der Waals surface area (Å²) in [5, 5.41) is 0. The summed E-state index contributed by atoms with van der Waals surface area (Å²) in [5.74, 6) is 1.31. The number of hydrogen-bond donors (Lipinski definition) is 0. The maximum Gasteiger partial charge on any atom is 0.0628 e. The minimum absolute atomic E-state index is 0.227. The normalized spacial score (nSPS) is 14.1. The van der Waals surface area contributed by atoms with E-state index in [2.05, 4.69) is 6.92 Å². The smallest absolute Gasteiger partial charge is 0.0628 e. The van der Waals surface area contributed by atoms with Crippen LogP contribution in [0.1, 0.15) is 20.3 Å². The zero-order valence-corrected chi connectivity index (χ0v) is 7.31. The van der Waals surface area contributed by atoms with Gasteiger partial charge in [0.25, 0.3) is 0 Å². The highest BCUT2D eigenvalue weighted by molar-refractivity contribution is 4.94. The summed E-state index contributed by atoms with van der Waals surface area (Å²) in [5.41, 5.74) is 0. The Bertz CT molecular complexity index is 73.7. The quantitative estimate of drug-likeness (QED) is 0.585. The van der Waals surface area contributed by atoms with E-state index in [1.165, 1.54) is 5.92 Å². The largest absolute Gasteiger partial charge is 0.384 e. The molecule has 0 aliphatic rings. The molecular weight excluding hydrogens is 128 g/mol. The molecule has 0 aliphatic heterocycles. The molecule has 0 saturated heterocycles. The van der Waals surface area contributed by atoms with Crippen molar-refractivity contribution in [2.24, 2.45) is 0 Å². The maximum absolute atomic E-state index is 5.14. The molecule has 0 fully saturated rings. The first-order valence-corrected chi connectivity index (χ1v) is 3.62. The van der Waals surface area contributed by atoms with Crippen molar-refractivity contribution >= 4 is 0 Å². The molecule has 10 heavy (non-hydrogen) atoms. The third-order valence-corrected chi connectivity index (χ3v) is 1.71. The fraction of sp³-hybridized carbons (Fsp3) is 0.875. The Morgan fingerprint density at radius 2 is 2.00 bits per heavy atom. The summed E-state index contributed by atoms with van der Waals surface area (Å²) in [6, 6.07) is 0. The highest BCUT2D eigenvalue weighted by Crippen LogP contribution is 2.13. The zero-order valence-electron chi connectivity index (χ0n) is 7.31. The summed E-state index contributed by atoms with van der Waals surface area (Å²) in [6.45, 7) is 4.87. The Hall–Kier alpha value is -0.0800. The summed E-state index contributed by atoms with van der Waals surface area (Å²) < 4.78 is 10.1. The van der Waals surface area contributed by atoms with Gasteiger partial charge in [-0.2, -0.15) is 0 Å². The molecule has 0 aromatic carbocycles. The maximum atomic E-state index is 5.14. The van der Waals surface area contributed by atoms with Gasteiger partial charge < -0.3 is 9.47 Å². The Morgan fingerprint density at radius 3 is 2.30 bits per heavy atom. The molecule has 1 atom stereocenters. The first-order chi connectivity index (χ1) is 4.76.